The first-order valence-corrected chi connectivity index (χ1v) is 10.7. The van der Waals surface area contributed by atoms with Crippen molar-refractivity contribution in [2.45, 2.75) is 25.7 Å². The van der Waals surface area contributed by atoms with Crippen molar-refractivity contribution in [1.29, 1.82) is 0 Å². The number of benzene rings is 1. The Morgan fingerprint density at radius 3 is 1.97 bits per heavy atom. The fraction of sp³-hybridized carbons (Fsp3) is 0.652. The van der Waals surface area contributed by atoms with E-state index in [1.165, 1.54) is 0 Å². The number of hydrogen-bond donors (Lipinski definition) is 0. The Labute approximate surface area is 185 Å². The number of ether oxygens (including phenoxy) is 6. The van der Waals surface area contributed by atoms with Crippen LogP contribution < -0.4 is 0 Å². The maximum atomic E-state index is 12.6. The van der Waals surface area contributed by atoms with E-state index in [0.717, 1.165) is 5.56 Å². The van der Waals surface area contributed by atoms with Crippen LogP contribution in [0, 0.1) is 5.92 Å². The first-order valence-electron chi connectivity index (χ1n) is 10.7. The molecule has 8 nitrogen and oxygen atoms in total. The van der Waals surface area contributed by atoms with Gasteiger partial charge in [0.2, 0.25) is 0 Å². The molecule has 0 fully saturated rings. The molecular weight excluding hydrogens is 404 g/mol. The van der Waals surface area contributed by atoms with E-state index in [2.05, 4.69) is 0 Å². The van der Waals surface area contributed by atoms with E-state index in [0.29, 0.717) is 58.9 Å². The molecule has 0 saturated heterocycles. The average molecular weight is 441 g/mol. The molecule has 0 aliphatic carbocycles. The van der Waals surface area contributed by atoms with E-state index >= 15 is 0 Å². The molecular formula is C23H36O8. The smallest absolute Gasteiger partial charge is 0.309 e. The van der Waals surface area contributed by atoms with Gasteiger partial charge in [-0.15, -0.1) is 0 Å². The van der Waals surface area contributed by atoms with E-state index in [4.69, 9.17) is 28.4 Å². The monoisotopic (exact) mass is 440 g/mol. The first-order chi connectivity index (χ1) is 15.2. The highest BCUT2D eigenvalue weighted by molar-refractivity contribution is 5.73. The molecule has 176 valence electrons. The standard InChI is InChI=1S/C23H36O8/c1-26-11-13-28-15-17-30-22(24)10-6-9-21(19-20-7-4-3-5-8-20)23(25)31-18-16-29-14-12-27-2/h3-5,7-8,21H,6,9-19H2,1-2H3. The fourth-order valence-electron chi connectivity index (χ4n) is 2.79. The van der Waals surface area contributed by atoms with Crippen molar-refractivity contribution in [3.63, 3.8) is 0 Å². The zero-order valence-electron chi connectivity index (χ0n) is 18.7. The lowest BCUT2D eigenvalue weighted by molar-refractivity contribution is -0.151. The van der Waals surface area contributed by atoms with E-state index in [-0.39, 0.29) is 37.5 Å². The van der Waals surface area contributed by atoms with Gasteiger partial charge in [-0.3, -0.25) is 9.59 Å². The Morgan fingerprint density at radius 1 is 0.774 bits per heavy atom. The molecule has 1 aromatic rings. The Kier molecular flexibility index (Phi) is 16.3. The van der Waals surface area contributed by atoms with Gasteiger partial charge in [0.15, 0.2) is 0 Å². The van der Waals surface area contributed by atoms with Crippen LogP contribution >= 0.6 is 0 Å². The lowest BCUT2D eigenvalue weighted by atomic mass is 9.94. The van der Waals surface area contributed by atoms with Gasteiger partial charge in [0.05, 0.1) is 45.6 Å². The highest BCUT2D eigenvalue weighted by Gasteiger charge is 2.21. The van der Waals surface area contributed by atoms with Crippen LogP contribution in [0.15, 0.2) is 30.3 Å². The molecule has 31 heavy (non-hydrogen) atoms. The van der Waals surface area contributed by atoms with E-state index < -0.39 is 0 Å². The molecule has 0 N–H and O–H groups in total. The second-order valence-electron chi connectivity index (χ2n) is 6.88. The van der Waals surface area contributed by atoms with Crippen molar-refractivity contribution < 1.29 is 38.0 Å². The van der Waals surface area contributed by atoms with Crippen molar-refractivity contribution in [1.82, 2.24) is 0 Å². The van der Waals surface area contributed by atoms with E-state index in [1.54, 1.807) is 14.2 Å². The van der Waals surface area contributed by atoms with Gasteiger partial charge in [-0.1, -0.05) is 30.3 Å². The summed E-state index contributed by atoms with van der Waals surface area (Å²) in [6.45, 7) is 3.00. The molecule has 1 atom stereocenters. The summed E-state index contributed by atoms with van der Waals surface area (Å²) in [7, 11) is 3.20. The van der Waals surface area contributed by atoms with Crippen molar-refractivity contribution in [3.05, 3.63) is 35.9 Å². The predicted molar refractivity (Wildman–Crippen MR) is 115 cm³/mol. The Balaban J connectivity index is 2.35. The van der Waals surface area contributed by atoms with Crippen LogP contribution in [0.25, 0.3) is 0 Å². The van der Waals surface area contributed by atoms with Crippen molar-refractivity contribution in [2.75, 3.05) is 67.1 Å². The van der Waals surface area contributed by atoms with Crippen LogP contribution in [0.3, 0.4) is 0 Å². The molecule has 0 heterocycles. The van der Waals surface area contributed by atoms with Crippen LogP contribution in [-0.4, -0.2) is 79.0 Å². The minimum atomic E-state index is -0.327. The lowest BCUT2D eigenvalue weighted by Crippen LogP contribution is -2.23. The summed E-state index contributed by atoms with van der Waals surface area (Å²) in [6, 6.07) is 9.77. The molecule has 0 saturated carbocycles. The van der Waals surface area contributed by atoms with Gasteiger partial charge in [-0.25, -0.2) is 0 Å². The summed E-state index contributed by atoms with van der Waals surface area (Å²) >= 11 is 0. The normalized spacial score (nSPS) is 11.8. The molecule has 0 spiro atoms. The first kappa shape index (κ1) is 27.0. The molecule has 1 unspecified atom stereocenters. The molecule has 0 amide bonds. The summed E-state index contributed by atoms with van der Waals surface area (Å²) in [5.41, 5.74) is 1.05. The summed E-state index contributed by atoms with van der Waals surface area (Å²) in [6.07, 6.45) is 1.89. The number of esters is 2. The second-order valence-corrected chi connectivity index (χ2v) is 6.88. The number of carbonyl (C=O) groups excluding carboxylic acids is 2. The van der Waals surface area contributed by atoms with Gasteiger partial charge in [0.1, 0.15) is 13.2 Å². The number of methoxy groups -OCH3 is 2. The zero-order valence-corrected chi connectivity index (χ0v) is 18.7. The van der Waals surface area contributed by atoms with Crippen LogP contribution in [0.1, 0.15) is 24.8 Å². The molecule has 0 aliphatic heterocycles. The van der Waals surface area contributed by atoms with Crippen molar-refractivity contribution in [3.8, 4) is 0 Å². The Hall–Kier alpha value is -2.00. The predicted octanol–water partition coefficient (Wildman–Crippen LogP) is 2.43. The number of rotatable bonds is 19. The maximum Gasteiger partial charge on any atom is 0.309 e. The van der Waals surface area contributed by atoms with Crippen LogP contribution in [-0.2, 0) is 44.4 Å². The highest BCUT2D eigenvalue weighted by Crippen LogP contribution is 2.17. The second kappa shape index (κ2) is 18.7. The third kappa shape index (κ3) is 14.6. The number of carbonyl (C=O) groups is 2. The molecule has 0 bridgehead atoms. The maximum absolute atomic E-state index is 12.6. The minimum absolute atomic E-state index is 0.193. The fourth-order valence-corrected chi connectivity index (χ4v) is 2.79. The Bertz CT molecular complexity index is 578. The van der Waals surface area contributed by atoms with Gasteiger partial charge >= 0.3 is 11.9 Å². The minimum Gasteiger partial charge on any atom is -0.463 e. The third-order valence-electron chi connectivity index (χ3n) is 4.42. The van der Waals surface area contributed by atoms with Gasteiger partial charge in [0.25, 0.3) is 0 Å². The molecule has 0 aliphatic rings. The summed E-state index contributed by atoms with van der Waals surface area (Å²) in [5, 5.41) is 0. The molecule has 1 aromatic carbocycles. The summed E-state index contributed by atoms with van der Waals surface area (Å²) < 4.78 is 30.9. The topological polar surface area (TPSA) is 89.5 Å². The number of hydrogen-bond acceptors (Lipinski definition) is 8. The zero-order chi connectivity index (χ0) is 22.6. The Morgan fingerprint density at radius 2 is 1.35 bits per heavy atom. The van der Waals surface area contributed by atoms with Crippen LogP contribution in [0.5, 0.6) is 0 Å². The van der Waals surface area contributed by atoms with Crippen molar-refractivity contribution >= 4 is 11.9 Å². The van der Waals surface area contributed by atoms with Crippen LogP contribution in [0.2, 0.25) is 0 Å². The van der Waals surface area contributed by atoms with Gasteiger partial charge in [-0.05, 0) is 24.8 Å². The summed E-state index contributed by atoms with van der Waals surface area (Å²) in [4.78, 5) is 24.5. The van der Waals surface area contributed by atoms with E-state index in [9.17, 15) is 9.59 Å². The van der Waals surface area contributed by atoms with Crippen molar-refractivity contribution in [2.24, 2.45) is 5.92 Å². The molecule has 8 heteroatoms. The molecule has 1 rings (SSSR count). The highest BCUT2D eigenvalue weighted by atomic mass is 16.6. The van der Waals surface area contributed by atoms with Crippen LogP contribution in [0.4, 0.5) is 0 Å². The average Bonchev–Trinajstić information content (AvgIpc) is 2.78. The quantitative estimate of drug-likeness (QED) is 0.239. The molecule has 0 radical (unpaired) electrons. The van der Waals surface area contributed by atoms with Gasteiger partial charge < -0.3 is 28.4 Å². The van der Waals surface area contributed by atoms with Gasteiger partial charge in [-0.2, -0.15) is 0 Å². The summed E-state index contributed by atoms with van der Waals surface area (Å²) in [5.74, 6) is -0.903. The SMILES string of the molecule is COCCOCCOC(=O)CCCC(Cc1ccccc1)C(=O)OCCOCCOC. The lowest BCUT2D eigenvalue weighted by Gasteiger charge is -2.16. The van der Waals surface area contributed by atoms with Gasteiger partial charge in [0, 0.05) is 20.6 Å². The van der Waals surface area contributed by atoms with E-state index in [1.807, 2.05) is 30.3 Å². The molecule has 0 aromatic heterocycles. The third-order valence-corrected chi connectivity index (χ3v) is 4.42. The largest absolute Gasteiger partial charge is 0.463 e.